The van der Waals surface area contributed by atoms with Crippen molar-refractivity contribution in [2.24, 2.45) is 5.73 Å². The lowest BCUT2D eigenvalue weighted by Crippen LogP contribution is -2.49. The molecule has 1 saturated carbocycles. The number of aliphatic hydroxyl groups is 1. The van der Waals surface area contributed by atoms with Gasteiger partial charge in [0.15, 0.2) is 0 Å². The monoisotopic (exact) mass is 314 g/mol. The van der Waals surface area contributed by atoms with Crippen molar-refractivity contribution in [3.05, 3.63) is 34.6 Å². The minimum atomic E-state index is -0.641. The van der Waals surface area contributed by atoms with Crippen LogP contribution in [-0.4, -0.2) is 29.2 Å². The number of amides is 1. The first-order valence-electron chi connectivity index (χ1n) is 7.13. The highest BCUT2D eigenvalue weighted by atomic mass is 35.5. The Bertz CT molecular complexity index is 504. The van der Waals surface area contributed by atoms with Crippen molar-refractivity contribution in [2.45, 2.75) is 50.3 Å². The molecule has 4 nitrogen and oxygen atoms in total. The van der Waals surface area contributed by atoms with Gasteiger partial charge in [-0.3, -0.25) is 4.79 Å². The maximum Gasteiger partial charge on any atom is 0.234 e. The van der Waals surface area contributed by atoms with E-state index in [2.05, 4.69) is 5.32 Å². The molecule has 0 heterocycles. The second kappa shape index (κ2) is 7.20. The second-order valence-electron chi connectivity index (χ2n) is 5.54. The molecule has 1 aromatic rings. The Kier molecular flexibility index (Phi) is 5.56. The number of halogens is 2. The number of benzene rings is 1. The van der Waals surface area contributed by atoms with E-state index in [4.69, 9.17) is 17.3 Å². The summed E-state index contributed by atoms with van der Waals surface area (Å²) in [5, 5.41) is 12.7. The van der Waals surface area contributed by atoms with Crippen LogP contribution in [0.3, 0.4) is 0 Å². The quantitative estimate of drug-likeness (QED) is 0.775. The SMILES string of the molecule is NC(=O)C(Cc1cccc(Cl)c1F)N[C@H]1CC[C@H](O)CC1. The zero-order chi connectivity index (χ0) is 15.4. The van der Waals surface area contributed by atoms with E-state index in [-0.39, 0.29) is 23.6 Å². The van der Waals surface area contributed by atoms with Crippen LogP contribution >= 0.6 is 11.6 Å². The van der Waals surface area contributed by atoms with E-state index in [0.717, 1.165) is 12.8 Å². The number of hydrogen-bond acceptors (Lipinski definition) is 3. The van der Waals surface area contributed by atoms with E-state index < -0.39 is 17.8 Å². The number of carbonyl (C=O) groups excluding carboxylic acids is 1. The molecule has 0 aliphatic heterocycles. The number of carbonyl (C=O) groups is 1. The van der Waals surface area contributed by atoms with E-state index in [1.54, 1.807) is 12.1 Å². The van der Waals surface area contributed by atoms with Gasteiger partial charge in [-0.1, -0.05) is 23.7 Å². The lowest BCUT2D eigenvalue weighted by Gasteiger charge is -2.29. The van der Waals surface area contributed by atoms with Gasteiger partial charge >= 0.3 is 0 Å². The van der Waals surface area contributed by atoms with Gasteiger partial charge < -0.3 is 16.2 Å². The molecule has 0 aromatic heterocycles. The van der Waals surface area contributed by atoms with Gasteiger partial charge in [-0.25, -0.2) is 4.39 Å². The molecule has 21 heavy (non-hydrogen) atoms. The summed E-state index contributed by atoms with van der Waals surface area (Å²) in [6.45, 7) is 0. The summed E-state index contributed by atoms with van der Waals surface area (Å²) in [4.78, 5) is 11.6. The predicted octanol–water partition coefficient (Wildman–Crippen LogP) is 1.77. The molecular weight excluding hydrogens is 295 g/mol. The van der Waals surface area contributed by atoms with Crippen molar-refractivity contribution in [1.29, 1.82) is 0 Å². The summed E-state index contributed by atoms with van der Waals surface area (Å²) >= 11 is 5.75. The number of rotatable bonds is 5. The summed E-state index contributed by atoms with van der Waals surface area (Å²) in [6.07, 6.45) is 2.87. The lowest BCUT2D eigenvalue weighted by atomic mass is 9.92. The van der Waals surface area contributed by atoms with E-state index in [0.29, 0.717) is 18.4 Å². The zero-order valence-corrected chi connectivity index (χ0v) is 12.4. The third-order valence-corrected chi connectivity index (χ3v) is 4.22. The molecule has 6 heteroatoms. The average molecular weight is 315 g/mol. The molecule has 0 spiro atoms. The van der Waals surface area contributed by atoms with Gasteiger partial charge in [0.05, 0.1) is 17.2 Å². The summed E-state index contributed by atoms with van der Waals surface area (Å²) in [5.74, 6) is -1.02. The molecule has 0 saturated heterocycles. The van der Waals surface area contributed by atoms with Gasteiger partial charge in [0.25, 0.3) is 0 Å². The summed E-state index contributed by atoms with van der Waals surface area (Å²) in [6, 6.07) is 4.20. The van der Waals surface area contributed by atoms with Crippen molar-refractivity contribution in [3.63, 3.8) is 0 Å². The summed E-state index contributed by atoms with van der Waals surface area (Å²) < 4.78 is 13.9. The third kappa shape index (κ3) is 4.40. The third-order valence-electron chi connectivity index (χ3n) is 3.93. The van der Waals surface area contributed by atoms with Crippen molar-refractivity contribution < 1.29 is 14.3 Å². The molecule has 1 unspecified atom stereocenters. The minimum Gasteiger partial charge on any atom is -0.393 e. The highest BCUT2D eigenvalue weighted by Gasteiger charge is 2.25. The number of nitrogens with two attached hydrogens (primary N) is 1. The maximum absolute atomic E-state index is 13.9. The Morgan fingerprint density at radius 2 is 2.10 bits per heavy atom. The van der Waals surface area contributed by atoms with Crippen molar-refractivity contribution in [3.8, 4) is 0 Å². The molecule has 1 atom stereocenters. The molecule has 1 aromatic carbocycles. The fraction of sp³-hybridized carbons (Fsp3) is 0.533. The number of nitrogens with one attached hydrogen (secondary N) is 1. The fourth-order valence-electron chi connectivity index (χ4n) is 2.69. The Balaban J connectivity index is 2.02. The molecule has 1 aliphatic rings. The molecule has 4 N–H and O–H groups in total. The highest BCUT2D eigenvalue weighted by molar-refractivity contribution is 6.30. The van der Waals surface area contributed by atoms with E-state index in [1.807, 2.05) is 0 Å². The molecule has 1 amide bonds. The molecule has 116 valence electrons. The first kappa shape index (κ1) is 16.2. The number of primary amides is 1. The molecule has 2 rings (SSSR count). The zero-order valence-electron chi connectivity index (χ0n) is 11.7. The van der Waals surface area contributed by atoms with Crippen LogP contribution < -0.4 is 11.1 Å². The van der Waals surface area contributed by atoms with Crippen LogP contribution in [0, 0.1) is 5.82 Å². The number of aliphatic hydroxyl groups excluding tert-OH is 1. The maximum atomic E-state index is 13.9. The van der Waals surface area contributed by atoms with Gasteiger partial charge in [-0.05, 0) is 43.7 Å². The molecule has 0 radical (unpaired) electrons. The van der Waals surface area contributed by atoms with Crippen molar-refractivity contribution in [1.82, 2.24) is 5.32 Å². The number of hydrogen-bond donors (Lipinski definition) is 3. The van der Waals surface area contributed by atoms with Crippen LogP contribution in [0.5, 0.6) is 0 Å². The van der Waals surface area contributed by atoms with Crippen LogP contribution in [0.15, 0.2) is 18.2 Å². The summed E-state index contributed by atoms with van der Waals surface area (Å²) in [5.41, 5.74) is 5.78. The molecule has 1 aliphatic carbocycles. The van der Waals surface area contributed by atoms with E-state index in [9.17, 15) is 14.3 Å². The largest absolute Gasteiger partial charge is 0.393 e. The van der Waals surface area contributed by atoms with Crippen LogP contribution in [-0.2, 0) is 11.2 Å². The Hall–Kier alpha value is -1.17. The molecular formula is C15H20ClFN2O2. The van der Waals surface area contributed by atoms with E-state index >= 15 is 0 Å². The second-order valence-corrected chi connectivity index (χ2v) is 5.95. The predicted molar refractivity (Wildman–Crippen MR) is 79.5 cm³/mol. The summed E-state index contributed by atoms with van der Waals surface area (Å²) in [7, 11) is 0. The van der Waals surface area contributed by atoms with E-state index in [1.165, 1.54) is 6.07 Å². The molecule has 1 fully saturated rings. The van der Waals surface area contributed by atoms with Gasteiger partial charge in [0, 0.05) is 6.04 Å². The van der Waals surface area contributed by atoms with Crippen LogP contribution in [0.4, 0.5) is 4.39 Å². The van der Waals surface area contributed by atoms with Crippen molar-refractivity contribution in [2.75, 3.05) is 0 Å². The Labute approximate surface area is 128 Å². The van der Waals surface area contributed by atoms with Crippen molar-refractivity contribution >= 4 is 17.5 Å². The van der Waals surface area contributed by atoms with Gasteiger partial charge in [-0.15, -0.1) is 0 Å². The van der Waals surface area contributed by atoms with Crippen LogP contribution in [0.25, 0.3) is 0 Å². The molecule has 0 bridgehead atoms. The average Bonchev–Trinajstić information content (AvgIpc) is 2.45. The smallest absolute Gasteiger partial charge is 0.234 e. The van der Waals surface area contributed by atoms with Gasteiger partial charge in [0.2, 0.25) is 5.91 Å². The standard InChI is InChI=1S/C15H20ClFN2O2/c16-12-3-1-2-9(14(12)17)8-13(15(18)21)19-10-4-6-11(20)7-5-10/h1-3,10-11,13,19-20H,4-8H2,(H2,18,21)/t10-,11-,13?. The Morgan fingerprint density at radius 1 is 1.43 bits per heavy atom. The highest BCUT2D eigenvalue weighted by Crippen LogP contribution is 2.21. The lowest BCUT2D eigenvalue weighted by molar-refractivity contribution is -0.120. The first-order chi connectivity index (χ1) is 9.97. The fourth-order valence-corrected chi connectivity index (χ4v) is 2.89. The first-order valence-corrected chi connectivity index (χ1v) is 7.51. The van der Waals surface area contributed by atoms with Gasteiger partial charge in [0.1, 0.15) is 5.82 Å². The minimum absolute atomic E-state index is 0.0384. The normalized spacial score (nSPS) is 23.8. The topological polar surface area (TPSA) is 75.4 Å². The van der Waals surface area contributed by atoms with Crippen LogP contribution in [0.2, 0.25) is 5.02 Å². The van der Waals surface area contributed by atoms with Gasteiger partial charge in [-0.2, -0.15) is 0 Å². The van der Waals surface area contributed by atoms with Crippen LogP contribution in [0.1, 0.15) is 31.2 Å². The Morgan fingerprint density at radius 3 is 2.71 bits per heavy atom.